The van der Waals surface area contributed by atoms with E-state index in [9.17, 15) is 13.2 Å². The minimum atomic E-state index is -0.724. The van der Waals surface area contributed by atoms with Crippen molar-refractivity contribution >= 4 is 20.2 Å². The molecule has 0 amide bonds. The van der Waals surface area contributed by atoms with E-state index in [1.165, 1.54) is 6.07 Å². The Kier molecular flexibility index (Phi) is 6.62. The standard InChI is InChI=1S/C27H23F3NP/c1-2-13-31-22-10-7-18(8-11-22)17-3-5-19(6-4-17)20-9-12-23(24(28)14-20)21-15-25(29)27(32)26(30)16-21/h3-12,14-16,31H,2,13,32H2,1H3. The van der Waals surface area contributed by atoms with Gasteiger partial charge in [-0.15, -0.1) is 0 Å². The lowest BCUT2D eigenvalue weighted by Gasteiger charge is -2.10. The third-order valence-corrected chi connectivity index (χ3v) is 5.93. The van der Waals surface area contributed by atoms with Crippen LogP contribution in [-0.4, -0.2) is 6.54 Å². The van der Waals surface area contributed by atoms with Gasteiger partial charge in [-0.2, -0.15) is 0 Å². The van der Waals surface area contributed by atoms with Crippen molar-refractivity contribution < 1.29 is 13.2 Å². The van der Waals surface area contributed by atoms with Crippen LogP contribution in [0.5, 0.6) is 0 Å². The Morgan fingerprint density at radius 3 is 1.62 bits per heavy atom. The largest absolute Gasteiger partial charge is 0.385 e. The molecule has 4 rings (SSSR count). The summed E-state index contributed by atoms with van der Waals surface area (Å²) in [6, 6.07) is 23.1. The fourth-order valence-corrected chi connectivity index (χ4v) is 3.74. The van der Waals surface area contributed by atoms with Gasteiger partial charge >= 0.3 is 0 Å². The van der Waals surface area contributed by atoms with Gasteiger partial charge < -0.3 is 5.32 Å². The Hall–Kier alpha value is -3.10. The molecule has 1 N–H and O–H groups in total. The molecule has 0 saturated heterocycles. The SMILES string of the molecule is CCCNc1ccc(-c2ccc(-c3ccc(-c4cc(F)c(P)c(F)c4)c(F)c3)cc2)cc1. The molecule has 0 saturated carbocycles. The molecular weight excluding hydrogens is 426 g/mol. The second-order valence-electron chi connectivity index (χ2n) is 7.63. The average Bonchev–Trinajstić information content (AvgIpc) is 2.81. The maximum absolute atomic E-state index is 14.8. The molecule has 1 atom stereocenters. The van der Waals surface area contributed by atoms with Gasteiger partial charge in [0.1, 0.15) is 17.5 Å². The molecule has 0 bridgehead atoms. The summed E-state index contributed by atoms with van der Waals surface area (Å²) in [5.74, 6) is -1.98. The second kappa shape index (κ2) is 9.58. The van der Waals surface area contributed by atoms with Gasteiger partial charge in [-0.1, -0.05) is 64.7 Å². The maximum Gasteiger partial charge on any atom is 0.133 e. The van der Waals surface area contributed by atoms with Crippen LogP contribution in [0.15, 0.2) is 78.9 Å². The van der Waals surface area contributed by atoms with E-state index in [2.05, 4.69) is 36.5 Å². The number of anilines is 1. The van der Waals surface area contributed by atoms with Gasteiger partial charge in [-0.25, -0.2) is 13.2 Å². The van der Waals surface area contributed by atoms with Gasteiger partial charge in [-0.05, 0) is 64.6 Å². The van der Waals surface area contributed by atoms with E-state index in [1.54, 1.807) is 12.1 Å². The molecule has 0 heterocycles. The van der Waals surface area contributed by atoms with Crippen molar-refractivity contribution in [3.05, 3.63) is 96.3 Å². The summed E-state index contributed by atoms with van der Waals surface area (Å²) in [5, 5.41) is 3.20. The summed E-state index contributed by atoms with van der Waals surface area (Å²) in [6.45, 7) is 3.07. The molecule has 0 aliphatic rings. The van der Waals surface area contributed by atoms with Crippen LogP contribution in [0.25, 0.3) is 33.4 Å². The van der Waals surface area contributed by atoms with Gasteiger partial charge in [0, 0.05) is 23.1 Å². The number of nitrogens with one attached hydrogen (secondary N) is 1. The van der Waals surface area contributed by atoms with E-state index in [0.717, 1.165) is 47.5 Å². The molecule has 0 aliphatic carbocycles. The molecule has 0 radical (unpaired) electrons. The van der Waals surface area contributed by atoms with E-state index in [4.69, 9.17) is 0 Å². The molecule has 5 heteroatoms. The molecule has 0 aliphatic heterocycles. The normalized spacial score (nSPS) is 10.9. The number of hydrogen-bond donors (Lipinski definition) is 1. The number of rotatable bonds is 6. The Morgan fingerprint density at radius 2 is 1.09 bits per heavy atom. The lowest BCUT2D eigenvalue weighted by molar-refractivity contribution is 0.598. The van der Waals surface area contributed by atoms with Gasteiger partial charge in [0.25, 0.3) is 0 Å². The first-order chi connectivity index (χ1) is 15.5. The zero-order valence-corrected chi connectivity index (χ0v) is 18.8. The zero-order chi connectivity index (χ0) is 22.7. The molecule has 1 unspecified atom stereocenters. The Morgan fingerprint density at radius 1 is 0.625 bits per heavy atom. The summed E-state index contributed by atoms with van der Waals surface area (Å²) in [7, 11) is 2.01. The average molecular weight is 449 g/mol. The number of halogens is 3. The molecule has 4 aromatic carbocycles. The lowest BCUT2D eigenvalue weighted by atomic mass is 9.97. The van der Waals surface area contributed by atoms with Crippen LogP contribution in [0.2, 0.25) is 0 Å². The van der Waals surface area contributed by atoms with Gasteiger partial charge in [-0.3, -0.25) is 0 Å². The van der Waals surface area contributed by atoms with Crippen molar-refractivity contribution in [1.29, 1.82) is 0 Å². The van der Waals surface area contributed by atoms with Crippen LogP contribution in [0.1, 0.15) is 13.3 Å². The molecule has 162 valence electrons. The maximum atomic E-state index is 14.8. The lowest BCUT2D eigenvalue weighted by Crippen LogP contribution is -2.04. The summed E-state index contributed by atoms with van der Waals surface area (Å²) in [5.41, 5.74) is 5.14. The Balaban J connectivity index is 1.56. The van der Waals surface area contributed by atoms with E-state index in [-0.39, 0.29) is 16.4 Å². The topological polar surface area (TPSA) is 12.0 Å². The number of benzene rings is 4. The number of hydrogen-bond acceptors (Lipinski definition) is 1. The molecule has 0 aromatic heterocycles. The van der Waals surface area contributed by atoms with Crippen molar-refractivity contribution in [1.82, 2.24) is 0 Å². The van der Waals surface area contributed by atoms with E-state index < -0.39 is 17.5 Å². The smallest absolute Gasteiger partial charge is 0.133 e. The van der Waals surface area contributed by atoms with Crippen molar-refractivity contribution in [3.63, 3.8) is 0 Å². The molecule has 0 spiro atoms. The molecule has 4 aromatic rings. The second-order valence-corrected chi connectivity index (χ2v) is 8.21. The molecule has 0 fully saturated rings. The zero-order valence-electron chi connectivity index (χ0n) is 17.6. The summed E-state index contributed by atoms with van der Waals surface area (Å²) < 4.78 is 42.5. The third kappa shape index (κ3) is 4.71. The van der Waals surface area contributed by atoms with Crippen LogP contribution in [-0.2, 0) is 0 Å². The summed E-state index contributed by atoms with van der Waals surface area (Å²) in [6.07, 6.45) is 1.07. The first kappa shape index (κ1) is 22.1. The summed E-state index contributed by atoms with van der Waals surface area (Å²) in [4.78, 5) is 0. The highest BCUT2D eigenvalue weighted by atomic mass is 31.0. The molecular formula is C27H23F3NP. The minimum absolute atomic E-state index is 0.155. The Bertz CT molecular complexity index is 1210. The van der Waals surface area contributed by atoms with Crippen LogP contribution >= 0.6 is 9.24 Å². The van der Waals surface area contributed by atoms with Crippen molar-refractivity contribution in [2.45, 2.75) is 13.3 Å². The van der Waals surface area contributed by atoms with Crippen LogP contribution in [0.3, 0.4) is 0 Å². The van der Waals surface area contributed by atoms with Crippen molar-refractivity contribution in [2.24, 2.45) is 0 Å². The van der Waals surface area contributed by atoms with Crippen molar-refractivity contribution in [3.8, 4) is 33.4 Å². The minimum Gasteiger partial charge on any atom is -0.385 e. The van der Waals surface area contributed by atoms with Gasteiger partial charge in [0.2, 0.25) is 0 Å². The monoisotopic (exact) mass is 449 g/mol. The summed E-state index contributed by atoms with van der Waals surface area (Å²) >= 11 is 0. The van der Waals surface area contributed by atoms with Gasteiger partial charge in [0.05, 0.1) is 0 Å². The predicted octanol–water partition coefficient (Wildman–Crippen LogP) is 7.43. The fourth-order valence-electron chi connectivity index (χ4n) is 3.57. The van der Waals surface area contributed by atoms with E-state index >= 15 is 0 Å². The molecule has 1 nitrogen and oxygen atoms in total. The fraction of sp³-hybridized carbons (Fsp3) is 0.111. The quantitative estimate of drug-likeness (QED) is 0.302. The highest BCUT2D eigenvalue weighted by Gasteiger charge is 2.13. The molecule has 32 heavy (non-hydrogen) atoms. The van der Waals surface area contributed by atoms with Crippen LogP contribution in [0, 0.1) is 17.5 Å². The predicted molar refractivity (Wildman–Crippen MR) is 131 cm³/mol. The highest BCUT2D eigenvalue weighted by Crippen LogP contribution is 2.30. The highest BCUT2D eigenvalue weighted by molar-refractivity contribution is 7.27. The first-order valence-electron chi connectivity index (χ1n) is 10.5. The van der Waals surface area contributed by atoms with Crippen molar-refractivity contribution in [2.75, 3.05) is 11.9 Å². The third-order valence-electron chi connectivity index (χ3n) is 5.37. The first-order valence-corrected chi connectivity index (χ1v) is 11.0. The van der Waals surface area contributed by atoms with Gasteiger partial charge in [0.15, 0.2) is 0 Å². The van der Waals surface area contributed by atoms with Crippen LogP contribution in [0.4, 0.5) is 18.9 Å². The van der Waals surface area contributed by atoms with E-state index in [1.807, 2.05) is 33.5 Å². The Labute approximate surface area is 188 Å². The van der Waals surface area contributed by atoms with E-state index in [0.29, 0.717) is 5.56 Å². The van der Waals surface area contributed by atoms with Crippen LogP contribution < -0.4 is 10.6 Å².